The van der Waals surface area contributed by atoms with Crippen LogP contribution in [0.15, 0.2) is 46.3 Å². The second kappa shape index (κ2) is 10.0. The lowest BCUT2D eigenvalue weighted by atomic mass is 10.2. The summed E-state index contributed by atoms with van der Waals surface area (Å²) >= 11 is 7.97. The third-order valence-electron chi connectivity index (χ3n) is 5.62. The molecule has 6 nitrogen and oxygen atoms in total. The van der Waals surface area contributed by atoms with E-state index in [0.29, 0.717) is 6.42 Å². The Morgan fingerprint density at radius 1 is 1.10 bits per heavy atom. The van der Waals surface area contributed by atoms with Gasteiger partial charge in [0.15, 0.2) is 0 Å². The minimum atomic E-state index is -0.132. The second-order valence-corrected chi connectivity index (χ2v) is 9.07. The maximum Gasteiger partial charge on any atom is 0.306 e. The van der Waals surface area contributed by atoms with Crippen LogP contribution >= 0.6 is 23.4 Å². The lowest BCUT2D eigenvalue weighted by Gasteiger charge is -2.35. The van der Waals surface area contributed by atoms with Crippen molar-refractivity contribution < 1.29 is 9.53 Å². The van der Waals surface area contributed by atoms with E-state index < -0.39 is 0 Å². The highest BCUT2D eigenvalue weighted by Gasteiger charge is 2.25. The Morgan fingerprint density at radius 2 is 1.87 bits per heavy atom. The summed E-state index contributed by atoms with van der Waals surface area (Å²) in [7, 11) is 1.45. The third kappa shape index (κ3) is 5.09. The minimum absolute atomic E-state index is 0.132. The lowest BCUT2D eigenvalue weighted by Crippen LogP contribution is -2.47. The monoisotopic (exact) mass is 446 g/mol. The van der Waals surface area contributed by atoms with Crippen molar-refractivity contribution in [3.63, 3.8) is 0 Å². The minimum Gasteiger partial charge on any atom is -0.469 e. The quantitative estimate of drug-likeness (QED) is 0.597. The molecule has 2 aromatic rings. The van der Waals surface area contributed by atoms with E-state index in [9.17, 15) is 4.79 Å². The van der Waals surface area contributed by atoms with E-state index in [1.54, 1.807) is 11.8 Å². The fourth-order valence-corrected chi connectivity index (χ4v) is 5.30. The molecule has 1 aromatic carbocycles. The van der Waals surface area contributed by atoms with Crippen LogP contribution in [0.4, 0.5) is 11.5 Å². The maximum atomic E-state index is 11.3. The van der Waals surface area contributed by atoms with E-state index >= 15 is 0 Å². The number of pyridine rings is 1. The third-order valence-corrected chi connectivity index (χ3v) is 6.94. The van der Waals surface area contributed by atoms with Gasteiger partial charge in [-0.05, 0) is 43.3 Å². The van der Waals surface area contributed by atoms with Crippen molar-refractivity contribution in [3.05, 3.63) is 41.6 Å². The number of halogens is 1. The van der Waals surface area contributed by atoms with E-state index in [1.807, 2.05) is 24.4 Å². The second-order valence-electron chi connectivity index (χ2n) is 7.55. The molecule has 1 saturated heterocycles. The standard InChI is InChI=1S/C22H27ClN4O2S/c1-29-21(28)7-11-26-14-12-25(13-15-26)9-3-10-27-18-6-5-17(23)16-20(18)30-19-4-2-8-24-22(19)27/h2,4-6,8,16H,3,7,9-15H2,1H3. The molecule has 2 aliphatic heterocycles. The van der Waals surface area contributed by atoms with Crippen LogP contribution < -0.4 is 4.90 Å². The van der Waals surface area contributed by atoms with Crippen molar-refractivity contribution in [2.45, 2.75) is 22.6 Å². The zero-order valence-electron chi connectivity index (χ0n) is 17.2. The number of benzene rings is 1. The van der Waals surface area contributed by atoms with E-state index in [1.165, 1.54) is 22.6 Å². The number of aromatic nitrogens is 1. The molecule has 160 valence electrons. The first-order chi connectivity index (χ1) is 14.6. The van der Waals surface area contributed by atoms with Crippen LogP contribution in [0.1, 0.15) is 12.8 Å². The summed E-state index contributed by atoms with van der Waals surface area (Å²) in [6.45, 7) is 6.84. The van der Waals surface area contributed by atoms with Gasteiger partial charge in [-0.25, -0.2) is 4.98 Å². The predicted molar refractivity (Wildman–Crippen MR) is 121 cm³/mol. The normalized spacial score (nSPS) is 16.8. The molecular weight excluding hydrogens is 420 g/mol. The number of rotatable bonds is 7. The number of esters is 1. The highest BCUT2D eigenvalue weighted by Crippen LogP contribution is 2.47. The fourth-order valence-electron chi connectivity index (χ4n) is 3.96. The van der Waals surface area contributed by atoms with Crippen molar-refractivity contribution in [1.29, 1.82) is 0 Å². The van der Waals surface area contributed by atoms with E-state index in [0.717, 1.165) is 63.1 Å². The predicted octanol–water partition coefficient (Wildman–Crippen LogP) is 3.91. The van der Waals surface area contributed by atoms with Crippen molar-refractivity contribution in [3.8, 4) is 0 Å². The van der Waals surface area contributed by atoms with Gasteiger partial charge in [-0.15, -0.1) is 0 Å². The topological polar surface area (TPSA) is 48.9 Å². The molecule has 1 fully saturated rings. The van der Waals surface area contributed by atoms with Gasteiger partial charge < -0.3 is 19.4 Å². The van der Waals surface area contributed by atoms with Crippen LogP contribution in [0.2, 0.25) is 5.02 Å². The van der Waals surface area contributed by atoms with Crippen LogP contribution in [0.25, 0.3) is 0 Å². The molecular formula is C22H27ClN4O2S. The number of carbonyl (C=O) groups excluding carboxylic acids is 1. The molecule has 0 radical (unpaired) electrons. The summed E-state index contributed by atoms with van der Waals surface area (Å²) in [6, 6.07) is 10.2. The number of piperazine rings is 1. The van der Waals surface area contributed by atoms with Crippen LogP contribution in [-0.2, 0) is 9.53 Å². The number of hydrogen-bond acceptors (Lipinski definition) is 7. The van der Waals surface area contributed by atoms with Gasteiger partial charge in [-0.1, -0.05) is 23.4 Å². The van der Waals surface area contributed by atoms with Crippen LogP contribution in [0.5, 0.6) is 0 Å². The molecule has 0 atom stereocenters. The Bertz CT molecular complexity index is 889. The van der Waals surface area contributed by atoms with Crippen molar-refractivity contribution >= 4 is 40.8 Å². The van der Waals surface area contributed by atoms with Gasteiger partial charge in [0.25, 0.3) is 0 Å². The first kappa shape index (κ1) is 21.4. The molecule has 1 aromatic heterocycles. The molecule has 2 aliphatic rings. The molecule has 0 spiro atoms. The van der Waals surface area contributed by atoms with Gasteiger partial charge in [0.05, 0.1) is 24.1 Å². The van der Waals surface area contributed by atoms with E-state index in [-0.39, 0.29) is 5.97 Å². The number of ether oxygens (including phenoxy) is 1. The number of hydrogen-bond donors (Lipinski definition) is 0. The zero-order valence-corrected chi connectivity index (χ0v) is 18.8. The van der Waals surface area contributed by atoms with Gasteiger partial charge in [-0.2, -0.15) is 0 Å². The Morgan fingerprint density at radius 3 is 2.63 bits per heavy atom. The Balaban J connectivity index is 1.31. The Labute approximate surface area is 187 Å². The highest BCUT2D eigenvalue weighted by atomic mass is 35.5. The first-order valence-corrected chi connectivity index (χ1v) is 11.5. The molecule has 0 saturated carbocycles. The molecule has 30 heavy (non-hydrogen) atoms. The molecule has 3 heterocycles. The van der Waals surface area contributed by atoms with Crippen LogP contribution in [0.3, 0.4) is 0 Å². The molecule has 0 N–H and O–H groups in total. The molecule has 8 heteroatoms. The summed E-state index contributed by atoms with van der Waals surface area (Å²) in [5, 5.41) is 0.763. The lowest BCUT2D eigenvalue weighted by molar-refractivity contribution is -0.141. The summed E-state index contributed by atoms with van der Waals surface area (Å²) in [6.07, 6.45) is 3.39. The number of fused-ring (bicyclic) bond motifs is 2. The summed E-state index contributed by atoms with van der Waals surface area (Å²) in [4.78, 5) is 25.5. The zero-order chi connectivity index (χ0) is 20.9. The van der Waals surface area contributed by atoms with Crippen molar-refractivity contribution in [2.75, 3.05) is 57.8 Å². The van der Waals surface area contributed by atoms with Gasteiger partial charge in [0, 0.05) is 55.4 Å². The Kier molecular flexibility index (Phi) is 7.15. The van der Waals surface area contributed by atoms with Crippen LogP contribution in [-0.4, -0.2) is 73.7 Å². The summed E-state index contributed by atoms with van der Waals surface area (Å²) in [5.74, 6) is 0.900. The molecule has 0 bridgehead atoms. The van der Waals surface area contributed by atoms with Gasteiger partial charge in [-0.3, -0.25) is 4.79 Å². The average Bonchev–Trinajstić information content (AvgIpc) is 2.77. The number of methoxy groups -OCH3 is 1. The van der Waals surface area contributed by atoms with Gasteiger partial charge >= 0.3 is 5.97 Å². The number of anilines is 2. The molecule has 0 aliphatic carbocycles. The SMILES string of the molecule is COC(=O)CCN1CCN(CCCN2c3ccc(Cl)cc3Sc3cccnc32)CC1. The smallest absolute Gasteiger partial charge is 0.306 e. The number of carbonyl (C=O) groups is 1. The van der Waals surface area contributed by atoms with E-state index in [2.05, 4.69) is 31.8 Å². The maximum absolute atomic E-state index is 11.3. The summed E-state index contributed by atoms with van der Waals surface area (Å²) < 4.78 is 4.74. The van der Waals surface area contributed by atoms with Gasteiger partial charge in [0.1, 0.15) is 5.82 Å². The van der Waals surface area contributed by atoms with E-state index in [4.69, 9.17) is 16.3 Å². The Hall–Kier alpha value is -1.80. The molecule has 0 amide bonds. The average molecular weight is 447 g/mol. The summed E-state index contributed by atoms with van der Waals surface area (Å²) in [5.41, 5.74) is 1.18. The van der Waals surface area contributed by atoms with Crippen LogP contribution in [0, 0.1) is 0 Å². The molecule has 0 unspecified atom stereocenters. The van der Waals surface area contributed by atoms with Crippen molar-refractivity contribution in [1.82, 2.24) is 14.8 Å². The highest BCUT2D eigenvalue weighted by molar-refractivity contribution is 7.99. The van der Waals surface area contributed by atoms with Gasteiger partial charge in [0.2, 0.25) is 0 Å². The number of nitrogens with zero attached hydrogens (tertiary/aromatic N) is 4. The first-order valence-electron chi connectivity index (χ1n) is 10.4. The molecule has 4 rings (SSSR count). The largest absolute Gasteiger partial charge is 0.469 e. The van der Waals surface area contributed by atoms with Crippen molar-refractivity contribution in [2.24, 2.45) is 0 Å². The fraction of sp³-hybridized carbons (Fsp3) is 0.455.